The fraction of sp³-hybridized carbons (Fsp3) is 0. The summed E-state index contributed by atoms with van der Waals surface area (Å²) in [6.07, 6.45) is 0. The molecule has 0 heterocycles. The number of rotatable bonds is 1. The second-order valence-corrected chi connectivity index (χ2v) is 2.14. The van der Waals surface area contributed by atoms with Crippen LogP contribution in [0.3, 0.4) is 0 Å². The minimum absolute atomic E-state index is 0. The Kier molecular flexibility index (Phi) is 4.13. The molecule has 0 aliphatic rings. The van der Waals surface area contributed by atoms with E-state index in [0.29, 0.717) is 0 Å². The summed E-state index contributed by atoms with van der Waals surface area (Å²) in [5.41, 5.74) is 5.06. The summed E-state index contributed by atoms with van der Waals surface area (Å²) >= 11 is 0. The first-order valence-corrected chi connectivity index (χ1v) is 3.14. The summed E-state index contributed by atoms with van der Waals surface area (Å²) in [7, 11) is 0. The van der Waals surface area contributed by atoms with Crippen molar-refractivity contribution in [2.45, 2.75) is 0 Å². The average molecular weight is 208 g/mol. The van der Waals surface area contributed by atoms with Gasteiger partial charge in [0, 0.05) is 0 Å². The molecule has 0 aliphatic heterocycles. The van der Waals surface area contributed by atoms with Gasteiger partial charge in [0.1, 0.15) is 11.6 Å². The van der Waals surface area contributed by atoms with Gasteiger partial charge in [0.2, 0.25) is 0 Å². The van der Waals surface area contributed by atoms with Gasteiger partial charge in [-0.05, 0) is 18.2 Å². The van der Waals surface area contributed by atoms with Gasteiger partial charge in [0.15, 0.2) is 5.84 Å². The summed E-state index contributed by atoms with van der Waals surface area (Å²) < 4.78 is 25.3. The van der Waals surface area contributed by atoms with Crippen molar-refractivity contribution in [3.63, 3.8) is 0 Å². The molecule has 0 saturated heterocycles. The molecule has 3 nitrogen and oxygen atoms in total. The van der Waals surface area contributed by atoms with Gasteiger partial charge in [-0.25, -0.2) is 8.78 Å². The van der Waals surface area contributed by atoms with Crippen LogP contribution in [0, 0.1) is 11.6 Å². The molecule has 0 saturated carbocycles. The number of halogens is 3. The lowest BCUT2D eigenvalue weighted by atomic mass is 10.2. The Morgan fingerprint density at radius 1 is 1.31 bits per heavy atom. The summed E-state index contributed by atoms with van der Waals surface area (Å²) in [6.45, 7) is 0. The Hall–Kier alpha value is -1.36. The maximum Gasteiger partial charge on any atom is 0.153 e. The van der Waals surface area contributed by atoms with Crippen molar-refractivity contribution in [1.82, 2.24) is 0 Å². The smallest absolute Gasteiger partial charge is 0.153 e. The molecule has 0 aliphatic carbocycles. The maximum absolute atomic E-state index is 12.8. The number of benzene rings is 1. The third-order valence-corrected chi connectivity index (χ3v) is 1.34. The van der Waals surface area contributed by atoms with Crippen LogP contribution >= 0.6 is 12.4 Å². The Morgan fingerprint density at radius 3 is 2.46 bits per heavy atom. The number of hydrogen-bond acceptors (Lipinski definition) is 2. The molecule has 0 unspecified atom stereocenters. The van der Waals surface area contributed by atoms with Crippen molar-refractivity contribution in [3.05, 3.63) is 35.4 Å². The summed E-state index contributed by atoms with van der Waals surface area (Å²) in [5, 5.41) is 3.05. The zero-order chi connectivity index (χ0) is 9.14. The first kappa shape index (κ1) is 11.6. The van der Waals surface area contributed by atoms with Crippen LogP contribution < -0.4 is 11.6 Å². The standard InChI is InChI=1S/C7H7F2N3.ClH/c8-4-1-2-6(9)5(3-4)7(10)12-11;/h1-3H,11H2,(H2,10,12);1H. The van der Waals surface area contributed by atoms with E-state index in [4.69, 9.17) is 11.6 Å². The normalized spacial score (nSPS) is 10.8. The third-order valence-electron chi connectivity index (χ3n) is 1.34. The Balaban J connectivity index is 0.00000144. The van der Waals surface area contributed by atoms with E-state index in [1.165, 1.54) is 0 Å². The molecule has 0 bridgehead atoms. The molecule has 1 rings (SSSR count). The third kappa shape index (κ3) is 2.55. The zero-order valence-corrected chi connectivity index (χ0v) is 7.31. The van der Waals surface area contributed by atoms with E-state index >= 15 is 0 Å². The van der Waals surface area contributed by atoms with E-state index in [1.807, 2.05) is 0 Å². The molecule has 0 radical (unpaired) electrons. The molecular formula is C7H8ClF2N3. The van der Waals surface area contributed by atoms with Gasteiger partial charge in [0.05, 0.1) is 5.56 Å². The van der Waals surface area contributed by atoms with E-state index in [0.717, 1.165) is 18.2 Å². The van der Waals surface area contributed by atoms with Gasteiger partial charge in [-0.1, -0.05) is 0 Å². The minimum Gasteiger partial charge on any atom is -0.382 e. The van der Waals surface area contributed by atoms with Gasteiger partial charge in [-0.15, -0.1) is 12.4 Å². The number of nitrogens with two attached hydrogens (primary N) is 2. The van der Waals surface area contributed by atoms with Crippen molar-refractivity contribution in [3.8, 4) is 0 Å². The van der Waals surface area contributed by atoms with Crippen LogP contribution in [0.2, 0.25) is 0 Å². The molecule has 0 atom stereocenters. The lowest BCUT2D eigenvalue weighted by Crippen LogP contribution is -2.17. The molecule has 72 valence electrons. The molecule has 1 aromatic carbocycles. The second kappa shape index (κ2) is 4.61. The van der Waals surface area contributed by atoms with Crippen LogP contribution in [0.1, 0.15) is 5.56 Å². The fourth-order valence-corrected chi connectivity index (χ4v) is 0.763. The van der Waals surface area contributed by atoms with Gasteiger partial charge < -0.3 is 11.6 Å². The lowest BCUT2D eigenvalue weighted by molar-refractivity contribution is 0.597. The average Bonchev–Trinajstić information content (AvgIpc) is 2.08. The Bertz CT molecular complexity index is 328. The lowest BCUT2D eigenvalue weighted by Gasteiger charge is -2.00. The Labute approximate surface area is 79.8 Å². The minimum atomic E-state index is -0.650. The van der Waals surface area contributed by atoms with Gasteiger partial charge >= 0.3 is 0 Å². The molecule has 1 aromatic rings. The monoisotopic (exact) mass is 207 g/mol. The van der Waals surface area contributed by atoms with Crippen molar-refractivity contribution < 1.29 is 8.78 Å². The van der Waals surface area contributed by atoms with Crippen LogP contribution in [0.5, 0.6) is 0 Å². The van der Waals surface area contributed by atoms with Crippen molar-refractivity contribution in [1.29, 1.82) is 0 Å². The summed E-state index contributed by atoms with van der Waals surface area (Å²) in [6, 6.07) is 2.88. The van der Waals surface area contributed by atoms with E-state index in [-0.39, 0.29) is 23.8 Å². The summed E-state index contributed by atoms with van der Waals surface area (Å²) in [5.74, 6) is 3.33. The second-order valence-electron chi connectivity index (χ2n) is 2.14. The molecule has 0 aromatic heterocycles. The highest BCUT2D eigenvalue weighted by Gasteiger charge is 2.06. The largest absolute Gasteiger partial charge is 0.382 e. The van der Waals surface area contributed by atoms with Crippen molar-refractivity contribution in [2.75, 3.05) is 0 Å². The van der Waals surface area contributed by atoms with Crippen molar-refractivity contribution >= 4 is 18.2 Å². The first-order valence-electron chi connectivity index (χ1n) is 3.14. The number of amidine groups is 1. The number of hydrogen-bond donors (Lipinski definition) is 2. The fourth-order valence-electron chi connectivity index (χ4n) is 0.763. The van der Waals surface area contributed by atoms with Crippen LogP contribution in [-0.2, 0) is 0 Å². The molecule has 4 N–H and O–H groups in total. The highest BCUT2D eigenvalue weighted by molar-refractivity contribution is 5.97. The van der Waals surface area contributed by atoms with Gasteiger partial charge in [0.25, 0.3) is 0 Å². The predicted molar refractivity (Wildman–Crippen MR) is 48.5 cm³/mol. The number of nitrogens with zero attached hydrogens (tertiary/aromatic N) is 1. The Morgan fingerprint density at radius 2 is 1.92 bits per heavy atom. The molecule has 0 spiro atoms. The van der Waals surface area contributed by atoms with Crippen molar-refractivity contribution in [2.24, 2.45) is 16.7 Å². The maximum atomic E-state index is 12.8. The SMILES string of the molecule is Cl.NN=C(N)c1cc(F)ccc1F. The summed E-state index contributed by atoms with van der Waals surface area (Å²) in [4.78, 5) is 0. The molecule has 6 heteroatoms. The van der Waals surface area contributed by atoms with Crippen LogP contribution in [-0.4, -0.2) is 5.84 Å². The predicted octanol–water partition coefficient (Wildman–Crippen LogP) is 0.966. The van der Waals surface area contributed by atoms with Crippen LogP contribution in [0.15, 0.2) is 23.3 Å². The van der Waals surface area contributed by atoms with Gasteiger partial charge in [-0.2, -0.15) is 5.10 Å². The molecular weight excluding hydrogens is 200 g/mol. The quantitative estimate of drug-likeness (QED) is 0.312. The topological polar surface area (TPSA) is 64.4 Å². The van der Waals surface area contributed by atoms with E-state index in [9.17, 15) is 8.78 Å². The molecule has 0 amide bonds. The van der Waals surface area contributed by atoms with Crippen LogP contribution in [0.4, 0.5) is 8.78 Å². The van der Waals surface area contributed by atoms with Crippen LogP contribution in [0.25, 0.3) is 0 Å². The molecule has 0 fully saturated rings. The number of hydrazone groups is 1. The van der Waals surface area contributed by atoms with E-state index in [2.05, 4.69) is 5.10 Å². The van der Waals surface area contributed by atoms with Gasteiger partial charge in [-0.3, -0.25) is 0 Å². The zero-order valence-electron chi connectivity index (χ0n) is 6.50. The first-order chi connectivity index (χ1) is 5.65. The highest BCUT2D eigenvalue weighted by atomic mass is 35.5. The van der Waals surface area contributed by atoms with E-state index < -0.39 is 11.6 Å². The molecule has 13 heavy (non-hydrogen) atoms. The highest BCUT2D eigenvalue weighted by Crippen LogP contribution is 2.08. The van der Waals surface area contributed by atoms with E-state index in [1.54, 1.807) is 0 Å².